The van der Waals surface area contributed by atoms with Crippen molar-refractivity contribution in [2.75, 3.05) is 13.1 Å². The van der Waals surface area contributed by atoms with Gasteiger partial charge in [0.1, 0.15) is 0 Å². The number of carbonyl (C=O) groups excluding carboxylic acids is 1. The first-order valence-corrected chi connectivity index (χ1v) is 7.47. The fourth-order valence-electron chi connectivity index (χ4n) is 1.33. The summed E-state index contributed by atoms with van der Waals surface area (Å²) in [6, 6.07) is 4.42. The van der Waals surface area contributed by atoms with Gasteiger partial charge in [-0.1, -0.05) is 6.92 Å². The molecular weight excluding hydrogens is 300 g/mol. The molecule has 1 amide bonds. The van der Waals surface area contributed by atoms with Crippen LogP contribution in [0.3, 0.4) is 0 Å². The summed E-state index contributed by atoms with van der Waals surface area (Å²) in [5.74, 6) is 0.0757. The average molecular weight is 319 g/mol. The number of thiophene rings is 1. The van der Waals surface area contributed by atoms with Gasteiger partial charge in [-0.05, 0) is 47.8 Å². The number of hydrogen-bond acceptors (Lipinski definition) is 3. The van der Waals surface area contributed by atoms with Gasteiger partial charge in [0.2, 0.25) is 5.91 Å². The third-order valence-electron chi connectivity index (χ3n) is 2.48. The Labute approximate surface area is 115 Å². The lowest BCUT2D eigenvalue weighted by molar-refractivity contribution is -0.120. The minimum Gasteiger partial charge on any atom is -0.353 e. The van der Waals surface area contributed by atoms with Crippen molar-refractivity contribution in [2.45, 2.75) is 32.7 Å². The maximum absolute atomic E-state index is 11.4. The molecule has 0 aliphatic heterocycles. The zero-order valence-corrected chi connectivity index (χ0v) is 12.7. The van der Waals surface area contributed by atoms with E-state index in [4.69, 9.17) is 0 Å². The number of halogens is 1. The number of amides is 1. The topological polar surface area (TPSA) is 41.1 Å². The zero-order valence-electron chi connectivity index (χ0n) is 10.3. The van der Waals surface area contributed by atoms with Crippen LogP contribution < -0.4 is 10.6 Å². The molecular formula is C12H19BrN2OS. The van der Waals surface area contributed by atoms with Crippen LogP contribution in [0.2, 0.25) is 0 Å². The van der Waals surface area contributed by atoms with Gasteiger partial charge in [0, 0.05) is 17.5 Å². The highest BCUT2D eigenvalue weighted by Crippen LogP contribution is 2.21. The van der Waals surface area contributed by atoms with E-state index in [1.165, 1.54) is 4.88 Å². The first-order chi connectivity index (χ1) is 8.11. The molecule has 0 radical (unpaired) electrons. The van der Waals surface area contributed by atoms with Crippen LogP contribution in [0, 0.1) is 0 Å². The molecule has 1 rings (SSSR count). The van der Waals surface area contributed by atoms with Crippen molar-refractivity contribution < 1.29 is 4.79 Å². The minimum atomic E-state index is 0.0757. The van der Waals surface area contributed by atoms with Gasteiger partial charge in [-0.15, -0.1) is 11.3 Å². The smallest absolute Gasteiger partial charge is 0.234 e. The highest BCUT2D eigenvalue weighted by molar-refractivity contribution is 9.11. The van der Waals surface area contributed by atoms with E-state index in [1.807, 2.05) is 6.92 Å². The second-order valence-corrected chi connectivity index (χ2v) is 6.56. The van der Waals surface area contributed by atoms with Gasteiger partial charge in [0.15, 0.2) is 0 Å². The molecule has 0 fully saturated rings. The summed E-state index contributed by atoms with van der Waals surface area (Å²) in [7, 11) is 0. The van der Waals surface area contributed by atoms with Gasteiger partial charge >= 0.3 is 0 Å². The molecule has 17 heavy (non-hydrogen) atoms. The standard InChI is InChI=1S/C12H19BrN2OS/c1-3-9(2)15-12(16)8-14-7-6-10-4-5-11(13)17-10/h4-5,9,14H,3,6-8H2,1-2H3,(H,15,16). The lowest BCUT2D eigenvalue weighted by Gasteiger charge is -2.11. The lowest BCUT2D eigenvalue weighted by atomic mass is 10.2. The Balaban J connectivity index is 2.10. The third-order valence-corrected chi connectivity index (χ3v) is 4.17. The summed E-state index contributed by atoms with van der Waals surface area (Å²) in [4.78, 5) is 12.8. The maximum Gasteiger partial charge on any atom is 0.234 e. The maximum atomic E-state index is 11.4. The van der Waals surface area contributed by atoms with Crippen molar-refractivity contribution in [2.24, 2.45) is 0 Å². The summed E-state index contributed by atoms with van der Waals surface area (Å²) < 4.78 is 1.15. The molecule has 1 unspecified atom stereocenters. The van der Waals surface area contributed by atoms with Crippen molar-refractivity contribution in [3.8, 4) is 0 Å². The first-order valence-electron chi connectivity index (χ1n) is 5.86. The monoisotopic (exact) mass is 318 g/mol. The predicted octanol–water partition coefficient (Wildman–Crippen LogP) is 2.56. The zero-order chi connectivity index (χ0) is 12.7. The Bertz CT molecular complexity index is 354. The molecule has 0 aliphatic carbocycles. The third kappa shape index (κ3) is 6.19. The SMILES string of the molecule is CCC(C)NC(=O)CNCCc1ccc(Br)s1. The molecule has 0 aliphatic rings. The van der Waals surface area contributed by atoms with Gasteiger partial charge in [-0.2, -0.15) is 0 Å². The van der Waals surface area contributed by atoms with Gasteiger partial charge in [-0.3, -0.25) is 4.79 Å². The van der Waals surface area contributed by atoms with Crippen molar-refractivity contribution in [1.82, 2.24) is 10.6 Å². The molecule has 5 heteroatoms. The van der Waals surface area contributed by atoms with Crippen LogP contribution in [0.1, 0.15) is 25.1 Å². The summed E-state index contributed by atoms with van der Waals surface area (Å²) in [6.07, 6.45) is 1.93. The van der Waals surface area contributed by atoms with E-state index < -0.39 is 0 Å². The lowest BCUT2D eigenvalue weighted by Crippen LogP contribution is -2.39. The van der Waals surface area contributed by atoms with E-state index in [-0.39, 0.29) is 11.9 Å². The van der Waals surface area contributed by atoms with E-state index in [9.17, 15) is 4.79 Å². The fourth-order valence-corrected chi connectivity index (χ4v) is 2.81. The van der Waals surface area contributed by atoms with Crippen LogP contribution in [0.15, 0.2) is 15.9 Å². The van der Waals surface area contributed by atoms with E-state index in [1.54, 1.807) is 11.3 Å². The van der Waals surface area contributed by atoms with Gasteiger partial charge in [0.05, 0.1) is 10.3 Å². The van der Waals surface area contributed by atoms with Crippen LogP contribution in [0.4, 0.5) is 0 Å². The second-order valence-electron chi connectivity index (χ2n) is 4.01. The van der Waals surface area contributed by atoms with Crippen molar-refractivity contribution in [3.63, 3.8) is 0 Å². The van der Waals surface area contributed by atoms with Gasteiger partial charge in [0.25, 0.3) is 0 Å². The summed E-state index contributed by atoms with van der Waals surface area (Å²) in [5, 5.41) is 6.08. The van der Waals surface area contributed by atoms with Crippen LogP contribution in [-0.2, 0) is 11.2 Å². The highest BCUT2D eigenvalue weighted by Gasteiger charge is 2.04. The molecule has 1 heterocycles. The largest absolute Gasteiger partial charge is 0.353 e. The Morgan fingerprint density at radius 1 is 1.53 bits per heavy atom. The predicted molar refractivity (Wildman–Crippen MR) is 76.5 cm³/mol. The molecule has 1 atom stereocenters. The highest BCUT2D eigenvalue weighted by atomic mass is 79.9. The average Bonchev–Trinajstić information content (AvgIpc) is 2.70. The molecule has 0 saturated heterocycles. The second kappa shape index (κ2) is 7.84. The summed E-state index contributed by atoms with van der Waals surface area (Å²) in [5.41, 5.74) is 0. The van der Waals surface area contributed by atoms with Crippen molar-refractivity contribution in [1.29, 1.82) is 0 Å². The first kappa shape index (κ1) is 14.7. The molecule has 1 aromatic rings. The Hall–Kier alpha value is -0.390. The normalized spacial score (nSPS) is 12.4. The van der Waals surface area contributed by atoms with Crippen LogP contribution in [0.5, 0.6) is 0 Å². The minimum absolute atomic E-state index is 0.0757. The Morgan fingerprint density at radius 2 is 2.29 bits per heavy atom. The summed E-state index contributed by atoms with van der Waals surface area (Å²) in [6.45, 7) is 5.31. The van der Waals surface area contributed by atoms with Crippen LogP contribution in [-0.4, -0.2) is 25.0 Å². The van der Waals surface area contributed by atoms with Crippen molar-refractivity contribution in [3.05, 3.63) is 20.8 Å². The summed E-state index contributed by atoms with van der Waals surface area (Å²) >= 11 is 5.17. The van der Waals surface area contributed by atoms with E-state index in [2.05, 4.69) is 45.6 Å². The molecule has 2 N–H and O–H groups in total. The van der Waals surface area contributed by atoms with Gasteiger partial charge < -0.3 is 10.6 Å². The van der Waals surface area contributed by atoms with Crippen molar-refractivity contribution >= 4 is 33.2 Å². The number of nitrogens with one attached hydrogen (secondary N) is 2. The Kier molecular flexibility index (Phi) is 6.77. The van der Waals surface area contributed by atoms with E-state index in [0.717, 1.165) is 23.2 Å². The molecule has 0 spiro atoms. The number of hydrogen-bond donors (Lipinski definition) is 2. The van der Waals surface area contributed by atoms with E-state index in [0.29, 0.717) is 6.54 Å². The molecule has 0 aromatic carbocycles. The quantitative estimate of drug-likeness (QED) is 0.759. The van der Waals surface area contributed by atoms with Crippen LogP contribution in [0.25, 0.3) is 0 Å². The number of carbonyl (C=O) groups is 1. The fraction of sp³-hybridized carbons (Fsp3) is 0.583. The molecule has 96 valence electrons. The molecule has 3 nitrogen and oxygen atoms in total. The van der Waals surface area contributed by atoms with Crippen LogP contribution >= 0.6 is 27.3 Å². The molecule has 0 saturated carbocycles. The Morgan fingerprint density at radius 3 is 2.88 bits per heavy atom. The molecule has 1 aromatic heterocycles. The van der Waals surface area contributed by atoms with Gasteiger partial charge in [-0.25, -0.2) is 0 Å². The molecule has 0 bridgehead atoms. The number of rotatable bonds is 7. The van der Waals surface area contributed by atoms with E-state index >= 15 is 0 Å².